The van der Waals surface area contributed by atoms with E-state index in [0.717, 1.165) is 19.5 Å². The number of carbonyl (C=O) groups is 1. The van der Waals surface area contributed by atoms with Gasteiger partial charge < -0.3 is 5.32 Å². The molecule has 1 N–H and O–H groups in total. The maximum absolute atomic E-state index is 12.1. The SMILES string of the molecule is CC1CNCCC1C(=O)c1cn(C)nn1. The second-order valence-corrected chi connectivity index (χ2v) is 4.22. The summed E-state index contributed by atoms with van der Waals surface area (Å²) in [6.07, 6.45) is 2.59. The highest BCUT2D eigenvalue weighted by molar-refractivity contribution is 5.96. The molecule has 1 aromatic heterocycles. The van der Waals surface area contributed by atoms with Crippen LogP contribution in [0.2, 0.25) is 0 Å². The molecule has 15 heavy (non-hydrogen) atoms. The maximum atomic E-state index is 12.1. The van der Waals surface area contributed by atoms with Crippen LogP contribution < -0.4 is 5.32 Å². The lowest BCUT2D eigenvalue weighted by Gasteiger charge is -2.27. The van der Waals surface area contributed by atoms with E-state index in [-0.39, 0.29) is 11.7 Å². The molecule has 1 fully saturated rings. The van der Waals surface area contributed by atoms with E-state index < -0.39 is 0 Å². The summed E-state index contributed by atoms with van der Waals surface area (Å²) in [5.41, 5.74) is 0.497. The molecule has 0 amide bonds. The maximum Gasteiger partial charge on any atom is 0.188 e. The van der Waals surface area contributed by atoms with Gasteiger partial charge in [0.1, 0.15) is 5.69 Å². The van der Waals surface area contributed by atoms with Crippen molar-refractivity contribution in [2.24, 2.45) is 18.9 Å². The van der Waals surface area contributed by atoms with Crippen molar-refractivity contribution < 1.29 is 4.79 Å². The smallest absolute Gasteiger partial charge is 0.188 e. The Morgan fingerprint density at radius 3 is 3.07 bits per heavy atom. The number of piperidine rings is 1. The number of nitrogens with zero attached hydrogens (tertiary/aromatic N) is 3. The Morgan fingerprint density at radius 2 is 2.47 bits per heavy atom. The van der Waals surface area contributed by atoms with Gasteiger partial charge in [-0.2, -0.15) is 0 Å². The summed E-state index contributed by atoms with van der Waals surface area (Å²) in [6, 6.07) is 0. The van der Waals surface area contributed by atoms with E-state index >= 15 is 0 Å². The molecule has 2 atom stereocenters. The number of rotatable bonds is 2. The number of nitrogens with one attached hydrogen (secondary N) is 1. The van der Waals surface area contributed by atoms with Gasteiger partial charge in [-0.25, -0.2) is 0 Å². The Hall–Kier alpha value is -1.23. The van der Waals surface area contributed by atoms with E-state index in [2.05, 4.69) is 22.6 Å². The Labute approximate surface area is 88.9 Å². The van der Waals surface area contributed by atoms with E-state index in [0.29, 0.717) is 11.6 Å². The minimum absolute atomic E-state index is 0.1000. The van der Waals surface area contributed by atoms with Crippen LogP contribution in [0, 0.1) is 11.8 Å². The fourth-order valence-corrected chi connectivity index (χ4v) is 2.05. The highest BCUT2D eigenvalue weighted by Gasteiger charge is 2.29. The van der Waals surface area contributed by atoms with Crippen molar-refractivity contribution in [3.8, 4) is 0 Å². The summed E-state index contributed by atoms with van der Waals surface area (Å²) in [7, 11) is 1.77. The van der Waals surface area contributed by atoms with Crippen molar-refractivity contribution in [1.82, 2.24) is 20.3 Å². The number of aromatic nitrogens is 3. The fraction of sp³-hybridized carbons (Fsp3) is 0.700. The van der Waals surface area contributed by atoms with Crippen LogP contribution in [0.15, 0.2) is 6.20 Å². The molecule has 0 aliphatic carbocycles. The quantitative estimate of drug-likeness (QED) is 0.707. The van der Waals surface area contributed by atoms with Crippen LogP contribution in [0.4, 0.5) is 0 Å². The minimum atomic E-state index is 0.1000. The third-order valence-corrected chi connectivity index (χ3v) is 2.98. The van der Waals surface area contributed by atoms with E-state index in [1.54, 1.807) is 17.9 Å². The second-order valence-electron chi connectivity index (χ2n) is 4.22. The molecule has 0 saturated carbocycles. The molecule has 1 aliphatic heterocycles. The van der Waals surface area contributed by atoms with Gasteiger partial charge in [0.25, 0.3) is 0 Å². The third-order valence-electron chi connectivity index (χ3n) is 2.98. The predicted octanol–water partition coefficient (Wildman–Crippen LogP) is 0.243. The summed E-state index contributed by atoms with van der Waals surface area (Å²) in [5, 5.41) is 10.9. The van der Waals surface area contributed by atoms with E-state index in [1.165, 1.54) is 0 Å². The average molecular weight is 208 g/mol. The van der Waals surface area contributed by atoms with Crippen LogP contribution >= 0.6 is 0 Å². The summed E-state index contributed by atoms with van der Waals surface area (Å²) in [5.74, 6) is 0.619. The Kier molecular flexibility index (Phi) is 2.81. The molecule has 0 radical (unpaired) electrons. The third kappa shape index (κ3) is 2.07. The summed E-state index contributed by atoms with van der Waals surface area (Å²) < 4.78 is 1.57. The highest BCUT2D eigenvalue weighted by atomic mass is 16.1. The van der Waals surface area contributed by atoms with Crippen molar-refractivity contribution in [1.29, 1.82) is 0 Å². The Bertz CT molecular complexity index is 360. The Morgan fingerprint density at radius 1 is 1.67 bits per heavy atom. The zero-order valence-corrected chi connectivity index (χ0v) is 9.10. The first kappa shape index (κ1) is 10.3. The lowest BCUT2D eigenvalue weighted by atomic mass is 9.83. The topological polar surface area (TPSA) is 59.8 Å². The molecular formula is C10H16N4O. The molecule has 5 heteroatoms. The van der Waals surface area contributed by atoms with Gasteiger partial charge in [0, 0.05) is 13.0 Å². The zero-order valence-electron chi connectivity index (χ0n) is 9.10. The van der Waals surface area contributed by atoms with Crippen molar-refractivity contribution in [3.63, 3.8) is 0 Å². The molecule has 1 aliphatic rings. The standard InChI is InChI=1S/C10H16N4O/c1-7-5-11-4-3-8(7)10(15)9-6-14(2)13-12-9/h6-8,11H,3-5H2,1-2H3. The van der Waals surface area contributed by atoms with Gasteiger partial charge in [0.15, 0.2) is 5.78 Å². The molecule has 82 valence electrons. The number of Topliss-reactive ketones (excluding diaryl/α,β-unsaturated/α-hetero) is 1. The van der Waals surface area contributed by atoms with Gasteiger partial charge in [-0.15, -0.1) is 5.10 Å². The van der Waals surface area contributed by atoms with Gasteiger partial charge >= 0.3 is 0 Å². The highest BCUT2D eigenvalue weighted by Crippen LogP contribution is 2.22. The van der Waals surface area contributed by atoms with Gasteiger partial charge in [0.05, 0.1) is 6.20 Å². The lowest BCUT2D eigenvalue weighted by molar-refractivity contribution is 0.0843. The van der Waals surface area contributed by atoms with E-state index in [9.17, 15) is 4.79 Å². The minimum Gasteiger partial charge on any atom is -0.316 e. The van der Waals surface area contributed by atoms with Crippen LogP contribution in [0.3, 0.4) is 0 Å². The van der Waals surface area contributed by atoms with Gasteiger partial charge in [0.2, 0.25) is 0 Å². The lowest BCUT2D eigenvalue weighted by Crippen LogP contribution is -2.38. The van der Waals surface area contributed by atoms with Gasteiger partial charge in [-0.05, 0) is 25.4 Å². The van der Waals surface area contributed by atoms with Crippen LogP contribution in [-0.2, 0) is 7.05 Å². The van der Waals surface area contributed by atoms with Gasteiger partial charge in [-0.3, -0.25) is 9.48 Å². The molecule has 2 unspecified atom stereocenters. The number of hydrogen-bond acceptors (Lipinski definition) is 4. The summed E-state index contributed by atoms with van der Waals surface area (Å²) in [4.78, 5) is 12.1. The Balaban J connectivity index is 2.13. The molecule has 1 saturated heterocycles. The molecule has 0 bridgehead atoms. The number of carbonyl (C=O) groups excluding carboxylic acids is 1. The molecule has 2 rings (SSSR count). The van der Waals surface area contributed by atoms with Crippen LogP contribution in [0.25, 0.3) is 0 Å². The van der Waals surface area contributed by atoms with E-state index in [4.69, 9.17) is 0 Å². The first-order valence-electron chi connectivity index (χ1n) is 5.29. The van der Waals surface area contributed by atoms with Crippen LogP contribution in [-0.4, -0.2) is 33.9 Å². The molecule has 2 heterocycles. The van der Waals surface area contributed by atoms with Gasteiger partial charge in [-0.1, -0.05) is 12.1 Å². The second kappa shape index (κ2) is 4.10. The summed E-state index contributed by atoms with van der Waals surface area (Å²) in [6.45, 7) is 3.93. The molecular weight excluding hydrogens is 192 g/mol. The molecule has 0 spiro atoms. The monoisotopic (exact) mass is 208 g/mol. The van der Waals surface area contributed by atoms with Crippen molar-refractivity contribution in [3.05, 3.63) is 11.9 Å². The first-order chi connectivity index (χ1) is 7.18. The average Bonchev–Trinajstić information content (AvgIpc) is 2.65. The first-order valence-corrected chi connectivity index (χ1v) is 5.29. The normalized spacial score (nSPS) is 26.5. The number of aryl methyl sites for hydroxylation is 1. The van der Waals surface area contributed by atoms with Crippen molar-refractivity contribution in [2.75, 3.05) is 13.1 Å². The van der Waals surface area contributed by atoms with Crippen LogP contribution in [0.5, 0.6) is 0 Å². The number of ketones is 1. The molecule has 5 nitrogen and oxygen atoms in total. The summed E-state index contributed by atoms with van der Waals surface area (Å²) >= 11 is 0. The predicted molar refractivity (Wildman–Crippen MR) is 55.5 cm³/mol. The number of hydrogen-bond donors (Lipinski definition) is 1. The van der Waals surface area contributed by atoms with Crippen LogP contribution in [0.1, 0.15) is 23.8 Å². The van der Waals surface area contributed by atoms with E-state index in [1.807, 2.05) is 0 Å². The zero-order chi connectivity index (χ0) is 10.8. The molecule has 0 aromatic carbocycles. The van der Waals surface area contributed by atoms with Crippen molar-refractivity contribution >= 4 is 5.78 Å². The van der Waals surface area contributed by atoms with Crippen molar-refractivity contribution in [2.45, 2.75) is 13.3 Å². The largest absolute Gasteiger partial charge is 0.316 e. The molecule has 1 aromatic rings. The fourth-order valence-electron chi connectivity index (χ4n) is 2.05.